The number of anilines is 1. The van der Waals surface area contributed by atoms with Gasteiger partial charge in [0, 0.05) is 19.8 Å². The standard InChI is InChI=1S/C9H15N3O2S/c1-7-4-5-8(10)6-9(7)15(13,14)11-12(2)3/h4-6,11H,10H2,1-3H3. The molecule has 0 aliphatic carbocycles. The van der Waals surface area contributed by atoms with Crippen LogP contribution in [0.4, 0.5) is 5.69 Å². The maximum absolute atomic E-state index is 11.8. The normalized spacial score (nSPS) is 12.0. The van der Waals surface area contributed by atoms with Crippen molar-refractivity contribution in [1.82, 2.24) is 9.84 Å². The SMILES string of the molecule is Cc1ccc(N)cc1S(=O)(=O)NN(C)C. The van der Waals surface area contributed by atoms with Crippen molar-refractivity contribution < 1.29 is 8.42 Å². The van der Waals surface area contributed by atoms with Crippen molar-refractivity contribution in [3.8, 4) is 0 Å². The van der Waals surface area contributed by atoms with Gasteiger partial charge in [-0.05, 0) is 24.6 Å². The number of benzene rings is 1. The van der Waals surface area contributed by atoms with Crippen molar-refractivity contribution in [2.75, 3.05) is 19.8 Å². The number of hydrogen-bond acceptors (Lipinski definition) is 4. The summed E-state index contributed by atoms with van der Waals surface area (Å²) >= 11 is 0. The van der Waals surface area contributed by atoms with E-state index in [1.165, 1.54) is 11.1 Å². The van der Waals surface area contributed by atoms with Crippen LogP contribution in [0.5, 0.6) is 0 Å². The number of hydrazine groups is 1. The zero-order valence-electron chi connectivity index (χ0n) is 8.98. The van der Waals surface area contributed by atoms with Gasteiger partial charge in [-0.1, -0.05) is 6.07 Å². The Labute approximate surface area is 89.9 Å². The minimum absolute atomic E-state index is 0.205. The average molecular weight is 229 g/mol. The molecule has 15 heavy (non-hydrogen) atoms. The van der Waals surface area contributed by atoms with Crippen molar-refractivity contribution in [3.63, 3.8) is 0 Å². The van der Waals surface area contributed by atoms with E-state index in [1.807, 2.05) is 0 Å². The van der Waals surface area contributed by atoms with Crippen LogP contribution in [0.25, 0.3) is 0 Å². The van der Waals surface area contributed by atoms with E-state index in [-0.39, 0.29) is 4.90 Å². The first-order chi connectivity index (χ1) is 6.83. The van der Waals surface area contributed by atoms with Gasteiger partial charge in [-0.2, -0.15) is 0 Å². The molecule has 0 radical (unpaired) electrons. The first kappa shape index (κ1) is 12.0. The van der Waals surface area contributed by atoms with Gasteiger partial charge in [0.2, 0.25) is 0 Å². The Bertz CT molecular complexity index is 454. The fourth-order valence-electron chi connectivity index (χ4n) is 1.20. The van der Waals surface area contributed by atoms with Crippen LogP contribution in [-0.2, 0) is 10.0 Å². The highest BCUT2D eigenvalue weighted by atomic mass is 32.2. The molecule has 0 atom stereocenters. The van der Waals surface area contributed by atoms with Crippen LogP contribution in [0.1, 0.15) is 5.56 Å². The third-order valence-electron chi connectivity index (χ3n) is 1.80. The number of nitrogens with two attached hydrogens (primary N) is 1. The largest absolute Gasteiger partial charge is 0.399 e. The second-order valence-corrected chi connectivity index (χ2v) is 5.14. The Morgan fingerprint density at radius 3 is 2.47 bits per heavy atom. The monoisotopic (exact) mass is 229 g/mol. The summed E-state index contributed by atoms with van der Waals surface area (Å²) in [6, 6.07) is 4.80. The zero-order chi connectivity index (χ0) is 11.6. The van der Waals surface area contributed by atoms with Gasteiger partial charge in [0.1, 0.15) is 0 Å². The summed E-state index contributed by atoms with van der Waals surface area (Å²) in [7, 11) is -0.296. The molecule has 0 aliphatic rings. The Hall–Kier alpha value is -1.11. The molecule has 3 N–H and O–H groups in total. The van der Waals surface area contributed by atoms with Crippen molar-refractivity contribution in [1.29, 1.82) is 0 Å². The number of nitrogens with zero attached hydrogens (tertiary/aromatic N) is 1. The van der Waals surface area contributed by atoms with Crippen molar-refractivity contribution >= 4 is 15.7 Å². The van der Waals surface area contributed by atoms with E-state index in [0.717, 1.165) is 0 Å². The lowest BCUT2D eigenvalue weighted by molar-refractivity contribution is 0.364. The molecule has 6 heteroatoms. The Morgan fingerprint density at radius 2 is 1.93 bits per heavy atom. The van der Waals surface area contributed by atoms with E-state index in [4.69, 9.17) is 5.73 Å². The molecule has 0 bridgehead atoms. The molecule has 0 aromatic heterocycles. The van der Waals surface area contributed by atoms with Crippen LogP contribution in [0, 0.1) is 6.92 Å². The van der Waals surface area contributed by atoms with Gasteiger partial charge in [0.05, 0.1) is 4.90 Å². The van der Waals surface area contributed by atoms with Crippen LogP contribution in [0.2, 0.25) is 0 Å². The van der Waals surface area contributed by atoms with Crippen LogP contribution >= 0.6 is 0 Å². The molecule has 0 saturated heterocycles. The number of nitrogen functional groups attached to an aromatic ring is 1. The molecule has 0 amide bonds. The predicted molar refractivity (Wildman–Crippen MR) is 59.6 cm³/mol. The Morgan fingerprint density at radius 1 is 1.33 bits per heavy atom. The molecule has 0 heterocycles. The number of nitrogens with one attached hydrogen (secondary N) is 1. The third kappa shape index (κ3) is 2.92. The molecule has 1 aromatic carbocycles. The lowest BCUT2D eigenvalue weighted by atomic mass is 10.2. The first-order valence-electron chi connectivity index (χ1n) is 4.39. The minimum atomic E-state index is -3.52. The van der Waals surface area contributed by atoms with Crippen molar-refractivity contribution in [3.05, 3.63) is 23.8 Å². The van der Waals surface area contributed by atoms with Gasteiger partial charge in [0.15, 0.2) is 0 Å². The summed E-state index contributed by atoms with van der Waals surface area (Å²) < 4.78 is 23.6. The van der Waals surface area contributed by atoms with Gasteiger partial charge < -0.3 is 5.73 Å². The fraction of sp³-hybridized carbons (Fsp3) is 0.333. The van der Waals surface area contributed by atoms with Crippen LogP contribution in [0.3, 0.4) is 0 Å². The van der Waals surface area contributed by atoms with E-state index in [1.54, 1.807) is 33.2 Å². The van der Waals surface area contributed by atoms with Crippen LogP contribution in [0.15, 0.2) is 23.1 Å². The Balaban J connectivity index is 3.21. The van der Waals surface area contributed by atoms with Gasteiger partial charge in [-0.3, -0.25) is 0 Å². The number of sulfonamides is 1. The quantitative estimate of drug-likeness (QED) is 0.578. The highest BCUT2D eigenvalue weighted by Crippen LogP contribution is 2.17. The predicted octanol–water partition coefficient (Wildman–Crippen LogP) is 0.332. The lowest BCUT2D eigenvalue weighted by Gasteiger charge is -2.14. The summed E-state index contributed by atoms with van der Waals surface area (Å²) in [5.41, 5.74) is 6.64. The fourth-order valence-corrected chi connectivity index (χ4v) is 2.56. The van der Waals surface area contributed by atoms with E-state index in [0.29, 0.717) is 11.3 Å². The third-order valence-corrected chi connectivity index (χ3v) is 3.43. The maximum atomic E-state index is 11.8. The summed E-state index contributed by atoms with van der Waals surface area (Å²) in [5.74, 6) is 0. The summed E-state index contributed by atoms with van der Waals surface area (Å²) in [5, 5.41) is 1.37. The van der Waals surface area contributed by atoms with Crippen molar-refractivity contribution in [2.24, 2.45) is 0 Å². The summed E-state index contributed by atoms with van der Waals surface area (Å²) in [6.07, 6.45) is 0. The van der Waals surface area contributed by atoms with Crippen LogP contribution in [-0.4, -0.2) is 27.5 Å². The average Bonchev–Trinajstić information content (AvgIpc) is 2.06. The molecular formula is C9H15N3O2S. The molecule has 1 rings (SSSR count). The highest BCUT2D eigenvalue weighted by Gasteiger charge is 2.17. The minimum Gasteiger partial charge on any atom is -0.399 e. The lowest BCUT2D eigenvalue weighted by Crippen LogP contribution is -2.36. The van der Waals surface area contributed by atoms with E-state index in [9.17, 15) is 8.42 Å². The Kier molecular flexibility index (Phi) is 3.33. The molecule has 0 spiro atoms. The van der Waals surface area contributed by atoms with Gasteiger partial charge in [-0.25, -0.2) is 13.4 Å². The summed E-state index contributed by atoms with van der Waals surface area (Å²) in [6.45, 7) is 1.73. The molecular weight excluding hydrogens is 214 g/mol. The second-order valence-electron chi connectivity index (χ2n) is 3.51. The molecule has 0 unspecified atom stereocenters. The maximum Gasteiger partial charge on any atom is 0.253 e. The van der Waals surface area contributed by atoms with E-state index in [2.05, 4.69) is 4.83 Å². The van der Waals surface area contributed by atoms with Gasteiger partial charge >= 0.3 is 0 Å². The zero-order valence-corrected chi connectivity index (χ0v) is 9.80. The topological polar surface area (TPSA) is 75.4 Å². The molecule has 1 aromatic rings. The van der Waals surface area contributed by atoms with Crippen LogP contribution < -0.4 is 10.6 Å². The molecule has 0 fully saturated rings. The number of rotatable bonds is 3. The molecule has 84 valence electrons. The molecule has 0 aliphatic heterocycles. The number of hydrogen-bond donors (Lipinski definition) is 2. The first-order valence-corrected chi connectivity index (χ1v) is 5.87. The van der Waals surface area contributed by atoms with Gasteiger partial charge in [-0.15, -0.1) is 4.83 Å². The highest BCUT2D eigenvalue weighted by molar-refractivity contribution is 7.89. The van der Waals surface area contributed by atoms with E-state index < -0.39 is 10.0 Å². The van der Waals surface area contributed by atoms with Gasteiger partial charge in [0.25, 0.3) is 10.0 Å². The molecule has 5 nitrogen and oxygen atoms in total. The van der Waals surface area contributed by atoms with Crippen molar-refractivity contribution in [2.45, 2.75) is 11.8 Å². The molecule has 0 saturated carbocycles. The smallest absolute Gasteiger partial charge is 0.253 e. The second kappa shape index (κ2) is 4.18. The van der Waals surface area contributed by atoms with E-state index >= 15 is 0 Å². The summed E-state index contributed by atoms with van der Waals surface area (Å²) in [4.78, 5) is 2.56. The number of aryl methyl sites for hydroxylation is 1.